The minimum Gasteiger partial charge on any atom is -0.273 e. The molecule has 0 atom stereocenters. The summed E-state index contributed by atoms with van der Waals surface area (Å²) in [5.41, 5.74) is 5.47. The average molecular weight is 264 g/mol. The Bertz CT molecular complexity index is 574. The SMILES string of the molecule is O=C(NN=C(c1ccccc1)c1ccccc1)C1CC1. The van der Waals surface area contributed by atoms with E-state index in [1.54, 1.807) is 0 Å². The molecule has 3 nitrogen and oxygen atoms in total. The average Bonchev–Trinajstić information content (AvgIpc) is 3.34. The van der Waals surface area contributed by atoms with Crippen molar-refractivity contribution >= 4 is 11.6 Å². The number of carbonyl (C=O) groups excluding carboxylic acids is 1. The van der Waals surface area contributed by atoms with E-state index in [0.717, 1.165) is 29.7 Å². The summed E-state index contributed by atoms with van der Waals surface area (Å²) in [4.78, 5) is 11.8. The number of rotatable bonds is 4. The van der Waals surface area contributed by atoms with Crippen LogP contribution in [0.4, 0.5) is 0 Å². The quantitative estimate of drug-likeness (QED) is 0.669. The number of hydrazone groups is 1. The lowest BCUT2D eigenvalue weighted by atomic mass is 10.0. The van der Waals surface area contributed by atoms with Crippen molar-refractivity contribution in [3.05, 3.63) is 71.8 Å². The third-order valence-corrected chi connectivity index (χ3v) is 3.32. The molecule has 1 N–H and O–H groups in total. The zero-order valence-corrected chi connectivity index (χ0v) is 11.1. The van der Waals surface area contributed by atoms with Gasteiger partial charge >= 0.3 is 0 Å². The Morgan fingerprint density at radius 2 is 1.40 bits per heavy atom. The maximum atomic E-state index is 11.8. The monoisotopic (exact) mass is 264 g/mol. The fourth-order valence-electron chi connectivity index (χ4n) is 2.04. The van der Waals surface area contributed by atoms with E-state index in [-0.39, 0.29) is 11.8 Å². The summed E-state index contributed by atoms with van der Waals surface area (Å²) in [7, 11) is 0. The summed E-state index contributed by atoms with van der Waals surface area (Å²) in [5.74, 6) is 0.181. The van der Waals surface area contributed by atoms with Crippen LogP contribution in [0.25, 0.3) is 0 Å². The lowest BCUT2D eigenvalue weighted by molar-refractivity contribution is -0.122. The van der Waals surface area contributed by atoms with Crippen molar-refractivity contribution in [2.75, 3.05) is 0 Å². The summed E-state index contributed by atoms with van der Waals surface area (Å²) >= 11 is 0. The van der Waals surface area contributed by atoms with Gasteiger partial charge in [-0.15, -0.1) is 0 Å². The van der Waals surface area contributed by atoms with Crippen molar-refractivity contribution in [1.82, 2.24) is 5.43 Å². The van der Waals surface area contributed by atoms with E-state index >= 15 is 0 Å². The molecule has 20 heavy (non-hydrogen) atoms. The van der Waals surface area contributed by atoms with Crippen LogP contribution in [-0.4, -0.2) is 11.6 Å². The molecule has 0 saturated heterocycles. The van der Waals surface area contributed by atoms with Crippen molar-refractivity contribution < 1.29 is 4.79 Å². The lowest BCUT2D eigenvalue weighted by Crippen LogP contribution is -2.21. The largest absolute Gasteiger partial charge is 0.273 e. The van der Waals surface area contributed by atoms with E-state index in [1.165, 1.54) is 0 Å². The molecule has 0 radical (unpaired) electrons. The first-order valence-corrected chi connectivity index (χ1v) is 6.83. The second-order valence-electron chi connectivity index (χ2n) is 4.94. The van der Waals surface area contributed by atoms with E-state index in [9.17, 15) is 4.79 Å². The van der Waals surface area contributed by atoms with Gasteiger partial charge in [-0.05, 0) is 12.8 Å². The van der Waals surface area contributed by atoms with Crippen molar-refractivity contribution in [2.45, 2.75) is 12.8 Å². The van der Waals surface area contributed by atoms with Crippen LogP contribution in [0, 0.1) is 5.92 Å². The van der Waals surface area contributed by atoms with Crippen LogP contribution in [-0.2, 0) is 4.79 Å². The van der Waals surface area contributed by atoms with Gasteiger partial charge in [0, 0.05) is 17.0 Å². The Morgan fingerprint density at radius 3 is 1.85 bits per heavy atom. The van der Waals surface area contributed by atoms with Gasteiger partial charge in [-0.25, -0.2) is 5.43 Å². The molecule has 1 aliphatic rings. The molecule has 0 aromatic heterocycles. The van der Waals surface area contributed by atoms with Gasteiger partial charge in [0.05, 0.1) is 5.71 Å². The number of nitrogens with one attached hydrogen (secondary N) is 1. The number of amides is 1. The minimum atomic E-state index is 0.0226. The molecular formula is C17H16N2O. The molecule has 1 amide bonds. The second-order valence-corrected chi connectivity index (χ2v) is 4.94. The Hall–Kier alpha value is -2.42. The zero-order chi connectivity index (χ0) is 13.8. The number of benzene rings is 2. The normalized spacial score (nSPS) is 13.6. The molecular weight excluding hydrogens is 248 g/mol. The smallest absolute Gasteiger partial charge is 0.243 e. The van der Waals surface area contributed by atoms with E-state index in [0.29, 0.717) is 0 Å². The number of hydrogen-bond acceptors (Lipinski definition) is 2. The van der Waals surface area contributed by atoms with Crippen molar-refractivity contribution in [3.8, 4) is 0 Å². The highest BCUT2D eigenvalue weighted by atomic mass is 16.2. The maximum absolute atomic E-state index is 11.8. The standard InChI is InChI=1S/C17H16N2O/c20-17(15-11-12-15)19-18-16(13-7-3-1-4-8-13)14-9-5-2-6-10-14/h1-10,15H,11-12H2,(H,19,20). The molecule has 3 heteroatoms. The number of hydrogen-bond donors (Lipinski definition) is 1. The fraction of sp³-hybridized carbons (Fsp3) is 0.176. The van der Waals surface area contributed by atoms with Crippen LogP contribution in [0.15, 0.2) is 65.8 Å². The van der Waals surface area contributed by atoms with Crippen LogP contribution >= 0.6 is 0 Å². The van der Waals surface area contributed by atoms with Gasteiger partial charge in [-0.1, -0.05) is 60.7 Å². The van der Waals surface area contributed by atoms with Gasteiger partial charge in [0.25, 0.3) is 0 Å². The molecule has 0 spiro atoms. The molecule has 0 unspecified atom stereocenters. The first-order valence-electron chi connectivity index (χ1n) is 6.83. The molecule has 3 rings (SSSR count). The van der Waals surface area contributed by atoms with Crippen molar-refractivity contribution in [3.63, 3.8) is 0 Å². The molecule has 1 fully saturated rings. The van der Waals surface area contributed by atoms with Gasteiger partial charge in [0.15, 0.2) is 0 Å². The van der Waals surface area contributed by atoms with Crippen LogP contribution in [0.1, 0.15) is 24.0 Å². The summed E-state index contributed by atoms with van der Waals surface area (Å²) in [6, 6.07) is 19.8. The Labute approximate surface area is 118 Å². The molecule has 1 saturated carbocycles. The van der Waals surface area contributed by atoms with Crippen LogP contribution < -0.4 is 5.43 Å². The molecule has 100 valence electrons. The van der Waals surface area contributed by atoms with Crippen LogP contribution in [0.2, 0.25) is 0 Å². The first-order chi connectivity index (χ1) is 9.84. The van der Waals surface area contributed by atoms with E-state index < -0.39 is 0 Å². The topological polar surface area (TPSA) is 41.5 Å². The first kappa shape index (κ1) is 12.6. The Morgan fingerprint density at radius 1 is 0.900 bits per heavy atom. The Balaban J connectivity index is 1.91. The highest BCUT2D eigenvalue weighted by Crippen LogP contribution is 2.28. The van der Waals surface area contributed by atoms with E-state index in [2.05, 4.69) is 10.5 Å². The molecule has 0 heterocycles. The fourth-order valence-corrected chi connectivity index (χ4v) is 2.04. The van der Waals surface area contributed by atoms with Crippen LogP contribution in [0.5, 0.6) is 0 Å². The number of carbonyl (C=O) groups is 1. The molecule has 0 aliphatic heterocycles. The molecule has 0 bridgehead atoms. The Kier molecular flexibility index (Phi) is 3.59. The highest BCUT2D eigenvalue weighted by Gasteiger charge is 2.29. The third kappa shape index (κ3) is 2.94. The molecule has 2 aromatic carbocycles. The van der Waals surface area contributed by atoms with Gasteiger partial charge in [-0.2, -0.15) is 5.10 Å². The highest BCUT2D eigenvalue weighted by molar-refractivity contribution is 6.13. The molecule has 1 aliphatic carbocycles. The molecule has 2 aromatic rings. The van der Waals surface area contributed by atoms with Crippen molar-refractivity contribution in [2.24, 2.45) is 11.0 Å². The van der Waals surface area contributed by atoms with E-state index in [1.807, 2.05) is 60.7 Å². The predicted octanol–water partition coefficient (Wildman–Crippen LogP) is 2.97. The predicted molar refractivity (Wildman–Crippen MR) is 79.4 cm³/mol. The number of nitrogens with zero attached hydrogens (tertiary/aromatic N) is 1. The summed E-state index contributed by atoms with van der Waals surface area (Å²) in [5, 5.41) is 4.34. The van der Waals surface area contributed by atoms with Gasteiger partial charge in [0.1, 0.15) is 0 Å². The minimum absolute atomic E-state index is 0.0226. The summed E-state index contributed by atoms with van der Waals surface area (Å²) < 4.78 is 0. The zero-order valence-electron chi connectivity index (χ0n) is 11.1. The van der Waals surface area contributed by atoms with Gasteiger partial charge < -0.3 is 0 Å². The van der Waals surface area contributed by atoms with Gasteiger partial charge in [0.2, 0.25) is 5.91 Å². The second kappa shape index (κ2) is 5.70. The van der Waals surface area contributed by atoms with Gasteiger partial charge in [-0.3, -0.25) is 4.79 Å². The van der Waals surface area contributed by atoms with E-state index in [4.69, 9.17) is 0 Å². The summed E-state index contributed by atoms with van der Waals surface area (Å²) in [6.45, 7) is 0. The maximum Gasteiger partial charge on any atom is 0.243 e. The van der Waals surface area contributed by atoms with Crippen molar-refractivity contribution in [1.29, 1.82) is 0 Å². The lowest BCUT2D eigenvalue weighted by Gasteiger charge is -2.07. The third-order valence-electron chi connectivity index (χ3n) is 3.32. The van der Waals surface area contributed by atoms with Crippen LogP contribution in [0.3, 0.4) is 0 Å². The summed E-state index contributed by atoms with van der Waals surface area (Å²) in [6.07, 6.45) is 1.96.